The molecule has 0 heterocycles. The maximum absolute atomic E-state index is 3.70. The van der Waals surface area contributed by atoms with E-state index < -0.39 is 0 Å². The molecule has 0 saturated heterocycles. The van der Waals surface area contributed by atoms with E-state index in [0.29, 0.717) is 12.1 Å². The second-order valence-corrected chi connectivity index (χ2v) is 5.55. The fourth-order valence-corrected chi connectivity index (χ4v) is 2.02. The molecule has 0 saturated carbocycles. The lowest BCUT2D eigenvalue weighted by atomic mass is 9.98. The highest BCUT2D eigenvalue weighted by molar-refractivity contribution is 4.70. The highest BCUT2D eigenvalue weighted by Gasteiger charge is 2.11. The first-order valence-electron chi connectivity index (χ1n) is 7.48. The molecule has 3 unspecified atom stereocenters. The van der Waals surface area contributed by atoms with Crippen LogP contribution in [0.5, 0.6) is 0 Å². The summed E-state index contributed by atoms with van der Waals surface area (Å²) in [6, 6.07) is 1.40. The Morgan fingerprint density at radius 2 is 1.65 bits per heavy atom. The van der Waals surface area contributed by atoms with Crippen LogP contribution in [0.15, 0.2) is 0 Å². The van der Waals surface area contributed by atoms with Crippen molar-refractivity contribution in [2.24, 2.45) is 5.92 Å². The third-order valence-corrected chi connectivity index (χ3v) is 4.12. The molecule has 1 N–H and O–H groups in total. The molecule has 0 aliphatic rings. The van der Waals surface area contributed by atoms with Crippen molar-refractivity contribution in [3.63, 3.8) is 0 Å². The summed E-state index contributed by atoms with van der Waals surface area (Å²) < 4.78 is 0. The standard InChI is InChI=1S/C15H34N2/c1-7-13(4)12-15(9-3)16-10-11-17(6)14(5)8-2/h13-16H,7-12H2,1-6H3. The second kappa shape index (κ2) is 9.90. The van der Waals surface area contributed by atoms with Gasteiger partial charge in [0, 0.05) is 25.2 Å². The Labute approximate surface area is 109 Å². The van der Waals surface area contributed by atoms with Gasteiger partial charge in [0.2, 0.25) is 0 Å². The van der Waals surface area contributed by atoms with Gasteiger partial charge in [0.1, 0.15) is 0 Å². The van der Waals surface area contributed by atoms with Gasteiger partial charge < -0.3 is 10.2 Å². The Morgan fingerprint density at radius 3 is 2.12 bits per heavy atom. The van der Waals surface area contributed by atoms with Crippen LogP contribution in [0.1, 0.15) is 60.3 Å². The second-order valence-electron chi connectivity index (χ2n) is 5.55. The Morgan fingerprint density at radius 1 is 1.00 bits per heavy atom. The quantitative estimate of drug-likeness (QED) is 0.630. The zero-order valence-corrected chi connectivity index (χ0v) is 12.9. The van der Waals surface area contributed by atoms with Crippen molar-refractivity contribution in [1.82, 2.24) is 10.2 Å². The van der Waals surface area contributed by atoms with E-state index in [4.69, 9.17) is 0 Å². The fourth-order valence-electron chi connectivity index (χ4n) is 2.02. The Kier molecular flexibility index (Phi) is 9.85. The molecule has 0 aliphatic carbocycles. The first-order valence-corrected chi connectivity index (χ1v) is 7.48. The first-order chi connectivity index (χ1) is 8.04. The van der Waals surface area contributed by atoms with Crippen LogP contribution in [-0.4, -0.2) is 37.1 Å². The van der Waals surface area contributed by atoms with E-state index in [1.807, 2.05) is 0 Å². The lowest BCUT2D eigenvalue weighted by molar-refractivity contribution is 0.244. The average Bonchev–Trinajstić information content (AvgIpc) is 2.35. The molecular weight excluding hydrogens is 208 g/mol. The minimum atomic E-state index is 0.700. The molecule has 2 heteroatoms. The third kappa shape index (κ3) is 7.77. The molecule has 0 bridgehead atoms. The summed E-state index contributed by atoms with van der Waals surface area (Å²) in [4.78, 5) is 2.45. The molecule has 0 aliphatic heterocycles. The summed E-state index contributed by atoms with van der Waals surface area (Å²) in [5.41, 5.74) is 0. The summed E-state index contributed by atoms with van der Waals surface area (Å²) in [5, 5.41) is 3.70. The molecule has 0 aromatic rings. The average molecular weight is 242 g/mol. The van der Waals surface area contributed by atoms with E-state index in [1.54, 1.807) is 0 Å². The van der Waals surface area contributed by atoms with Gasteiger partial charge in [-0.05, 0) is 39.2 Å². The number of hydrogen-bond donors (Lipinski definition) is 1. The summed E-state index contributed by atoms with van der Waals surface area (Å²) in [6.45, 7) is 13.8. The molecular formula is C15H34N2. The molecule has 0 radical (unpaired) electrons. The van der Waals surface area contributed by atoms with Crippen molar-refractivity contribution in [2.75, 3.05) is 20.1 Å². The highest BCUT2D eigenvalue weighted by atomic mass is 15.1. The van der Waals surface area contributed by atoms with Gasteiger partial charge >= 0.3 is 0 Å². The highest BCUT2D eigenvalue weighted by Crippen LogP contribution is 2.11. The predicted molar refractivity (Wildman–Crippen MR) is 78.5 cm³/mol. The lowest BCUT2D eigenvalue weighted by Crippen LogP contribution is -2.39. The Hall–Kier alpha value is -0.0800. The molecule has 0 amide bonds. The molecule has 0 rings (SSSR count). The van der Waals surface area contributed by atoms with Gasteiger partial charge in [0.25, 0.3) is 0 Å². The topological polar surface area (TPSA) is 15.3 Å². The van der Waals surface area contributed by atoms with E-state index in [-0.39, 0.29) is 0 Å². The van der Waals surface area contributed by atoms with Crippen LogP contribution in [0.25, 0.3) is 0 Å². The van der Waals surface area contributed by atoms with Crippen LogP contribution in [0.4, 0.5) is 0 Å². The van der Waals surface area contributed by atoms with E-state index in [2.05, 4.69) is 51.9 Å². The first kappa shape index (κ1) is 16.9. The summed E-state index contributed by atoms with van der Waals surface area (Å²) in [5.74, 6) is 0.847. The zero-order chi connectivity index (χ0) is 13.3. The molecule has 0 fully saturated rings. The van der Waals surface area contributed by atoms with Crippen LogP contribution < -0.4 is 5.32 Å². The zero-order valence-electron chi connectivity index (χ0n) is 12.9. The molecule has 0 aromatic heterocycles. The maximum atomic E-state index is 3.70. The van der Waals surface area contributed by atoms with E-state index in [0.717, 1.165) is 19.0 Å². The van der Waals surface area contributed by atoms with Crippen molar-refractivity contribution >= 4 is 0 Å². The Balaban J connectivity index is 3.76. The van der Waals surface area contributed by atoms with Crippen molar-refractivity contribution < 1.29 is 0 Å². The van der Waals surface area contributed by atoms with Crippen molar-refractivity contribution in [3.05, 3.63) is 0 Å². The lowest BCUT2D eigenvalue weighted by Gasteiger charge is -2.26. The van der Waals surface area contributed by atoms with Gasteiger partial charge in [-0.25, -0.2) is 0 Å². The summed E-state index contributed by atoms with van der Waals surface area (Å²) in [6.07, 6.45) is 5.10. The minimum absolute atomic E-state index is 0.700. The van der Waals surface area contributed by atoms with Crippen molar-refractivity contribution in [3.8, 4) is 0 Å². The monoisotopic (exact) mass is 242 g/mol. The van der Waals surface area contributed by atoms with Gasteiger partial charge in [-0.2, -0.15) is 0 Å². The number of likely N-dealkylation sites (N-methyl/N-ethyl adjacent to an activating group) is 1. The molecule has 0 spiro atoms. The number of rotatable bonds is 10. The normalized spacial score (nSPS) is 17.1. The SMILES string of the molecule is CCC(C)CC(CC)NCCN(C)C(C)CC. The van der Waals surface area contributed by atoms with E-state index in [9.17, 15) is 0 Å². The van der Waals surface area contributed by atoms with Gasteiger partial charge in [-0.15, -0.1) is 0 Å². The van der Waals surface area contributed by atoms with Crippen LogP contribution in [-0.2, 0) is 0 Å². The van der Waals surface area contributed by atoms with Gasteiger partial charge in [-0.3, -0.25) is 0 Å². The largest absolute Gasteiger partial charge is 0.313 e. The summed E-state index contributed by atoms with van der Waals surface area (Å²) in [7, 11) is 2.23. The van der Waals surface area contributed by atoms with Crippen LogP contribution >= 0.6 is 0 Å². The fraction of sp³-hybridized carbons (Fsp3) is 1.00. The van der Waals surface area contributed by atoms with Crippen LogP contribution in [0, 0.1) is 5.92 Å². The van der Waals surface area contributed by atoms with Crippen LogP contribution in [0.3, 0.4) is 0 Å². The maximum Gasteiger partial charge on any atom is 0.0107 e. The summed E-state index contributed by atoms with van der Waals surface area (Å²) >= 11 is 0. The van der Waals surface area contributed by atoms with Crippen LogP contribution in [0.2, 0.25) is 0 Å². The van der Waals surface area contributed by atoms with Gasteiger partial charge in [0.05, 0.1) is 0 Å². The predicted octanol–water partition coefficient (Wildman–Crippen LogP) is 3.52. The minimum Gasteiger partial charge on any atom is -0.313 e. The third-order valence-electron chi connectivity index (χ3n) is 4.12. The number of nitrogens with zero attached hydrogens (tertiary/aromatic N) is 1. The van der Waals surface area contributed by atoms with E-state index in [1.165, 1.54) is 25.7 Å². The van der Waals surface area contributed by atoms with E-state index >= 15 is 0 Å². The molecule has 104 valence electrons. The number of hydrogen-bond acceptors (Lipinski definition) is 2. The smallest absolute Gasteiger partial charge is 0.0107 e. The van der Waals surface area contributed by atoms with Crippen molar-refractivity contribution in [1.29, 1.82) is 0 Å². The van der Waals surface area contributed by atoms with Gasteiger partial charge in [-0.1, -0.05) is 34.1 Å². The molecule has 2 nitrogen and oxygen atoms in total. The Bertz CT molecular complexity index is 170. The van der Waals surface area contributed by atoms with Gasteiger partial charge in [0.15, 0.2) is 0 Å². The molecule has 17 heavy (non-hydrogen) atoms. The molecule has 0 aromatic carbocycles. The molecule has 3 atom stereocenters. The van der Waals surface area contributed by atoms with Crippen molar-refractivity contribution in [2.45, 2.75) is 72.4 Å². The number of nitrogens with one attached hydrogen (secondary N) is 1.